The summed E-state index contributed by atoms with van der Waals surface area (Å²) in [5, 5.41) is 16.4. The number of nitrogens with one attached hydrogen (secondary N) is 3. The van der Waals surface area contributed by atoms with Crippen LogP contribution in [0.4, 0.5) is 0 Å². The molecular formula is C23H28N4O5S. The molecule has 3 unspecified atom stereocenters. The van der Waals surface area contributed by atoms with Crippen LogP contribution in [0, 0.1) is 0 Å². The molecule has 33 heavy (non-hydrogen) atoms. The minimum atomic E-state index is -1.21. The third-order valence-corrected chi connectivity index (χ3v) is 5.17. The Bertz CT molecular complexity index is 942. The predicted octanol–water partition coefficient (Wildman–Crippen LogP) is -0.101. The quantitative estimate of drug-likeness (QED) is 0.238. The van der Waals surface area contributed by atoms with Crippen LogP contribution in [0.3, 0.4) is 0 Å². The first kappa shape index (κ1) is 25.9. The van der Waals surface area contributed by atoms with Crippen LogP contribution in [0.5, 0.6) is 0 Å². The number of hydrogen-bond acceptors (Lipinski definition) is 6. The van der Waals surface area contributed by atoms with E-state index in [1.54, 1.807) is 24.3 Å². The normalized spacial score (nSPS) is 13.3. The molecule has 0 heterocycles. The number of carboxylic acid groups (broad SMARTS) is 1. The van der Waals surface area contributed by atoms with Gasteiger partial charge < -0.3 is 26.8 Å². The Hall–Kier alpha value is -3.37. The van der Waals surface area contributed by atoms with Crippen molar-refractivity contribution in [2.24, 2.45) is 5.73 Å². The fraction of sp³-hybridized carbons (Fsp3) is 0.304. The molecule has 0 aliphatic heterocycles. The minimum Gasteiger partial charge on any atom is -0.480 e. The third-order valence-electron chi connectivity index (χ3n) is 4.78. The Morgan fingerprint density at radius 1 is 0.788 bits per heavy atom. The molecule has 0 radical (unpaired) electrons. The molecule has 2 rings (SSSR count). The van der Waals surface area contributed by atoms with E-state index in [-0.39, 0.29) is 18.6 Å². The van der Waals surface area contributed by atoms with Crippen LogP contribution in [0.1, 0.15) is 11.1 Å². The van der Waals surface area contributed by atoms with E-state index in [1.165, 1.54) is 0 Å². The number of hydrogen-bond donors (Lipinski definition) is 6. The minimum absolute atomic E-state index is 0.0970. The van der Waals surface area contributed by atoms with E-state index in [4.69, 9.17) is 10.8 Å². The summed E-state index contributed by atoms with van der Waals surface area (Å²) in [7, 11) is 0. The highest BCUT2D eigenvalue weighted by Gasteiger charge is 2.28. The van der Waals surface area contributed by atoms with Gasteiger partial charge in [0, 0.05) is 18.6 Å². The number of aliphatic carboxylic acids is 1. The SMILES string of the molecule is NC(CS)C(=O)NC(Cc1ccccc1)C(=O)NC(Cc1ccccc1)C(=O)NCC(=O)O. The topological polar surface area (TPSA) is 151 Å². The van der Waals surface area contributed by atoms with Crippen LogP contribution in [0.15, 0.2) is 60.7 Å². The smallest absolute Gasteiger partial charge is 0.322 e. The molecule has 10 heteroatoms. The van der Waals surface area contributed by atoms with Crippen LogP contribution in [-0.4, -0.2) is 59.2 Å². The molecule has 176 valence electrons. The molecule has 0 bridgehead atoms. The van der Waals surface area contributed by atoms with E-state index < -0.39 is 48.4 Å². The lowest BCUT2D eigenvalue weighted by atomic mass is 10.0. The number of thiol groups is 1. The van der Waals surface area contributed by atoms with Crippen molar-refractivity contribution < 1.29 is 24.3 Å². The lowest BCUT2D eigenvalue weighted by Gasteiger charge is -2.24. The highest BCUT2D eigenvalue weighted by atomic mass is 32.1. The summed E-state index contributed by atoms with van der Waals surface area (Å²) < 4.78 is 0. The lowest BCUT2D eigenvalue weighted by Crippen LogP contribution is -2.57. The lowest BCUT2D eigenvalue weighted by molar-refractivity contribution is -0.138. The Balaban J connectivity index is 2.21. The van der Waals surface area contributed by atoms with E-state index in [0.29, 0.717) is 0 Å². The fourth-order valence-electron chi connectivity index (χ4n) is 3.04. The van der Waals surface area contributed by atoms with Crippen molar-refractivity contribution in [2.45, 2.75) is 31.0 Å². The van der Waals surface area contributed by atoms with Crippen LogP contribution in [0.2, 0.25) is 0 Å². The van der Waals surface area contributed by atoms with Crippen LogP contribution < -0.4 is 21.7 Å². The predicted molar refractivity (Wildman–Crippen MR) is 127 cm³/mol. The van der Waals surface area contributed by atoms with Crippen molar-refractivity contribution in [3.63, 3.8) is 0 Å². The van der Waals surface area contributed by atoms with Crippen molar-refractivity contribution in [2.75, 3.05) is 12.3 Å². The number of carboxylic acids is 1. The number of carbonyl (C=O) groups is 4. The summed E-state index contributed by atoms with van der Waals surface area (Å²) in [5.74, 6) is -2.89. The van der Waals surface area contributed by atoms with Gasteiger partial charge in [-0.05, 0) is 11.1 Å². The monoisotopic (exact) mass is 472 g/mol. The molecule has 2 aromatic carbocycles. The first-order valence-corrected chi connectivity index (χ1v) is 11.0. The van der Waals surface area contributed by atoms with Gasteiger partial charge in [0.2, 0.25) is 17.7 Å². The number of amides is 3. The van der Waals surface area contributed by atoms with Crippen molar-refractivity contribution in [3.8, 4) is 0 Å². The summed E-state index contributed by atoms with van der Waals surface area (Å²) in [6, 6.07) is 15.1. The zero-order chi connectivity index (χ0) is 24.2. The second-order valence-electron chi connectivity index (χ2n) is 7.40. The molecule has 2 aromatic rings. The third kappa shape index (κ3) is 8.95. The first-order chi connectivity index (χ1) is 15.8. The van der Waals surface area contributed by atoms with Crippen LogP contribution >= 0.6 is 12.6 Å². The average Bonchev–Trinajstić information content (AvgIpc) is 2.82. The summed E-state index contributed by atoms with van der Waals surface area (Å²) in [5.41, 5.74) is 7.31. The van der Waals surface area contributed by atoms with Gasteiger partial charge in [-0.2, -0.15) is 12.6 Å². The van der Waals surface area contributed by atoms with Gasteiger partial charge in [-0.25, -0.2) is 0 Å². The van der Waals surface area contributed by atoms with Crippen molar-refractivity contribution in [1.29, 1.82) is 0 Å². The molecule has 9 nitrogen and oxygen atoms in total. The standard InChI is InChI=1S/C23H28N4O5S/c24-17(14-33)21(30)26-19(12-16-9-5-2-6-10-16)23(32)27-18(22(31)25-13-20(28)29)11-15-7-3-1-4-8-15/h1-10,17-19,33H,11-14,24H2,(H,25,31)(H,26,30)(H,27,32)(H,28,29). The molecule has 0 aromatic heterocycles. The van der Waals surface area contributed by atoms with Crippen molar-refractivity contribution in [1.82, 2.24) is 16.0 Å². The van der Waals surface area contributed by atoms with E-state index in [2.05, 4.69) is 28.6 Å². The van der Waals surface area contributed by atoms with E-state index in [1.807, 2.05) is 36.4 Å². The van der Waals surface area contributed by atoms with E-state index >= 15 is 0 Å². The maximum Gasteiger partial charge on any atom is 0.322 e. The van der Waals surface area contributed by atoms with E-state index in [0.717, 1.165) is 11.1 Å². The molecule has 3 atom stereocenters. The molecule has 3 amide bonds. The average molecular weight is 473 g/mol. The zero-order valence-electron chi connectivity index (χ0n) is 17.9. The van der Waals surface area contributed by atoms with Gasteiger partial charge in [0.05, 0.1) is 6.04 Å². The number of benzene rings is 2. The molecular weight excluding hydrogens is 444 g/mol. The molecule has 0 saturated heterocycles. The Morgan fingerprint density at radius 3 is 1.70 bits per heavy atom. The summed E-state index contributed by atoms with van der Waals surface area (Å²) in [6.07, 6.45) is 0.312. The molecule has 0 fully saturated rings. The molecule has 0 saturated carbocycles. The second kappa shape index (κ2) is 13.2. The Labute approximate surface area is 197 Å². The second-order valence-corrected chi connectivity index (χ2v) is 7.77. The van der Waals surface area contributed by atoms with E-state index in [9.17, 15) is 19.2 Å². The molecule has 0 spiro atoms. The van der Waals surface area contributed by atoms with Crippen LogP contribution in [0.25, 0.3) is 0 Å². The fourth-order valence-corrected chi connectivity index (χ4v) is 3.20. The van der Waals surface area contributed by atoms with Gasteiger partial charge in [0.1, 0.15) is 18.6 Å². The van der Waals surface area contributed by atoms with Gasteiger partial charge in [0.15, 0.2) is 0 Å². The molecule has 0 aliphatic carbocycles. The highest BCUT2D eigenvalue weighted by Crippen LogP contribution is 2.07. The number of nitrogens with two attached hydrogens (primary N) is 1. The first-order valence-electron chi connectivity index (χ1n) is 10.3. The van der Waals surface area contributed by atoms with Crippen LogP contribution in [-0.2, 0) is 32.0 Å². The Kier molecular flexibility index (Phi) is 10.4. The van der Waals surface area contributed by atoms with Crippen molar-refractivity contribution in [3.05, 3.63) is 71.8 Å². The zero-order valence-corrected chi connectivity index (χ0v) is 18.8. The maximum absolute atomic E-state index is 13.2. The summed E-state index contributed by atoms with van der Waals surface area (Å²) >= 11 is 4.02. The highest BCUT2D eigenvalue weighted by molar-refractivity contribution is 7.80. The van der Waals surface area contributed by atoms with Gasteiger partial charge in [-0.15, -0.1) is 0 Å². The summed E-state index contributed by atoms with van der Waals surface area (Å²) in [6.45, 7) is -0.582. The van der Waals surface area contributed by atoms with Crippen molar-refractivity contribution >= 4 is 36.3 Å². The maximum atomic E-state index is 13.2. The summed E-state index contributed by atoms with van der Waals surface area (Å²) in [4.78, 5) is 49.0. The van der Waals surface area contributed by atoms with Gasteiger partial charge in [0.25, 0.3) is 0 Å². The molecule has 0 aliphatic rings. The van der Waals surface area contributed by atoms with Gasteiger partial charge in [-0.1, -0.05) is 60.7 Å². The van der Waals surface area contributed by atoms with Gasteiger partial charge >= 0.3 is 5.97 Å². The Morgan fingerprint density at radius 2 is 1.24 bits per heavy atom. The van der Waals surface area contributed by atoms with Gasteiger partial charge in [-0.3, -0.25) is 19.2 Å². The number of carbonyl (C=O) groups excluding carboxylic acids is 3. The largest absolute Gasteiger partial charge is 0.480 e. The number of rotatable bonds is 12. The molecule has 6 N–H and O–H groups in total.